The van der Waals surface area contributed by atoms with Crippen LogP contribution in [0.25, 0.3) is 0 Å². The summed E-state index contributed by atoms with van der Waals surface area (Å²) >= 11 is 0. The molecule has 104 valence electrons. The van der Waals surface area contributed by atoms with Crippen LogP contribution in [0.2, 0.25) is 0 Å². The number of hydrogen-bond donors (Lipinski definition) is 1. The predicted octanol–water partition coefficient (Wildman–Crippen LogP) is 1.63. The molecule has 1 aliphatic heterocycles. The molecule has 0 unspecified atom stereocenters. The van der Waals surface area contributed by atoms with Crippen LogP contribution in [-0.4, -0.2) is 24.9 Å². The van der Waals surface area contributed by atoms with Crippen molar-refractivity contribution in [3.63, 3.8) is 0 Å². The predicted molar refractivity (Wildman–Crippen MR) is 74.9 cm³/mol. The number of rotatable bonds is 3. The highest BCUT2D eigenvalue weighted by Gasteiger charge is 2.52. The quantitative estimate of drug-likeness (QED) is 0.845. The van der Waals surface area contributed by atoms with E-state index in [0.717, 1.165) is 11.0 Å². The third-order valence-corrected chi connectivity index (χ3v) is 4.03. The Balaban J connectivity index is 2.34. The van der Waals surface area contributed by atoms with E-state index < -0.39 is 18.3 Å². The van der Waals surface area contributed by atoms with Gasteiger partial charge in [0, 0.05) is 0 Å². The summed E-state index contributed by atoms with van der Waals surface area (Å²) in [6, 6.07) is 4.66. The van der Waals surface area contributed by atoms with Crippen molar-refractivity contribution in [1.29, 1.82) is 0 Å². The molecule has 1 aromatic carbocycles. The topological polar surface area (TPSA) is 44.5 Å². The van der Waals surface area contributed by atoms with Crippen LogP contribution in [0.1, 0.15) is 33.3 Å². The summed E-state index contributed by atoms with van der Waals surface area (Å²) in [6.07, 6.45) is 0.608. The molecule has 1 fully saturated rings. The zero-order valence-electron chi connectivity index (χ0n) is 12.0. The Morgan fingerprint density at radius 1 is 1.16 bits per heavy atom. The van der Waals surface area contributed by atoms with Crippen LogP contribution in [0.5, 0.6) is 0 Å². The van der Waals surface area contributed by atoms with Crippen LogP contribution in [0.3, 0.4) is 0 Å². The summed E-state index contributed by atoms with van der Waals surface area (Å²) in [4.78, 5) is 0. The molecule has 1 heterocycles. The van der Waals surface area contributed by atoms with Gasteiger partial charge in [0.15, 0.2) is 0 Å². The molecule has 3 nitrogen and oxygen atoms in total. The van der Waals surface area contributed by atoms with E-state index >= 15 is 0 Å². The van der Waals surface area contributed by atoms with Crippen molar-refractivity contribution < 1.29 is 13.7 Å². The van der Waals surface area contributed by atoms with Crippen molar-refractivity contribution in [1.82, 2.24) is 0 Å². The molecule has 0 radical (unpaired) electrons. The van der Waals surface area contributed by atoms with Gasteiger partial charge >= 0.3 is 7.12 Å². The smallest absolute Gasteiger partial charge is 0.399 e. The number of hydrogen-bond acceptors (Lipinski definition) is 3. The minimum absolute atomic E-state index is 0.260. The van der Waals surface area contributed by atoms with Gasteiger partial charge in [0.2, 0.25) is 0 Å². The molecule has 1 saturated heterocycles. The first-order chi connectivity index (χ1) is 8.77. The first kappa shape index (κ1) is 14.5. The Bertz CT molecular complexity index is 461. The second-order valence-electron chi connectivity index (χ2n) is 5.97. The van der Waals surface area contributed by atoms with Crippen LogP contribution >= 0.6 is 0 Å². The highest BCUT2D eigenvalue weighted by Crippen LogP contribution is 2.36. The average molecular weight is 265 g/mol. The first-order valence-corrected chi connectivity index (χ1v) is 6.61. The molecule has 0 aliphatic carbocycles. The van der Waals surface area contributed by atoms with Crippen molar-refractivity contribution in [2.75, 3.05) is 6.54 Å². The van der Waals surface area contributed by atoms with E-state index in [2.05, 4.69) is 0 Å². The van der Waals surface area contributed by atoms with Crippen molar-refractivity contribution in [2.24, 2.45) is 5.73 Å². The van der Waals surface area contributed by atoms with E-state index in [1.165, 1.54) is 12.1 Å². The maximum Gasteiger partial charge on any atom is 0.495 e. The van der Waals surface area contributed by atoms with Gasteiger partial charge in [-0.1, -0.05) is 6.07 Å². The summed E-state index contributed by atoms with van der Waals surface area (Å²) in [7, 11) is -0.466. The van der Waals surface area contributed by atoms with E-state index in [-0.39, 0.29) is 5.82 Å². The molecule has 0 amide bonds. The average Bonchev–Trinajstić information content (AvgIpc) is 2.48. The molecular formula is C14H21BFNO2. The highest BCUT2D eigenvalue weighted by molar-refractivity contribution is 6.62. The van der Waals surface area contributed by atoms with Gasteiger partial charge in [-0.25, -0.2) is 4.39 Å². The van der Waals surface area contributed by atoms with E-state index in [9.17, 15) is 4.39 Å². The molecule has 0 saturated carbocycles. The Labute approximate surface area is 114 Å². The monoisotopic (exact) mass is 265 g/mol. The van der Waals surface area contributed by atoms with Crippen LogP contribution in [0.4, 0.5) is 4.39 Å². The Hall–Kier alpha value is -0.905. The standard InChI is InChI=1S/C14H21BFNO2/c1-13(2)14(3,4)19-15(18-13)12-6-5-11(16)9-10(12)7-8-17/h5-6,9H,7-8,17H2,1-4H3. The van der Waals surface area contributed by atoms with Gasteiger partial charge in [0.25, 0.3) is 0 Å². The van der Waals surface area contributed by atoms with Crippen molar-refractivity contribution in [2.45, 2.75) is 45.3 Å². The zero-order valence-corrected chi connectivity index (χ0v) is 12.0. The van der Waals surface area contributed by atoms with Crippen LogP contribution in [-0.2, 0) is 15.7 Å². The second kappa shape index (κ2) is 4.89. The van der Waals surface area contributed by atoms with Gasteiger partial charge in [-0.3, -0.25) is 0 Å². The SMILES string of the molecule is CC1(C)OB(c2ccc(F)cc2CCN)OC1(C)C. The molecule has 2 N–H and O–H groups in total. The van der Waals surface area contributed by atoms with Gasteiger partial charge in [0.1, 0.15) is 5.82 Å². The lowest BCUT2D eigenvalue weighted by Crippen LogP contribution is -2.41. The van der Waals surface area contributed by atoms with E-state index in [0.29, 0.717) is 13.0 Å². The maximum atomic E-state index is 13.3. The molecule has 19 heavy (non-hydrogen) atoms. The number of benzene rings is 1. The summed E-state index contributed by atoms with van der Waals surface area (Å²) in [5.41, 5.74) is 6.50. The van der Waals surface area contributed by atoms with Crippen LogP contribution in [0, 0.1) is 5.82 Å². The molecule has 5 heteroatoms. The fraction of sp³-hybridized carbons (Fsp3) is 0.571. The third kappa shape index (κ3) is 2.68. The molecular weight excluding hydrogens is 244 g/mol. The fourth-order valence-electron chi connectivity index (χ4n) is 2.15. The van der Waals surface area contributed by atoms with Crippen molar-refractivity contribution in [3.8, 4) is 0 Å². The summed E-state index contributed by atoms with van der Waals surface area (Å²) < 4.78 is 25.3. The minimum Gasteiger partial charge on any atom is -0.399 e. The number of nitrogens with two attached hydrogens (primary N) is 1. The summed E-state index contributed by atoms with van der Waals surface area (Å²) in [5.74, 6) is -0.260. The van der Waals surface area contributed by atoms with Crippen molar-refractivity contribution >= 4 is 12.6 Å². The molecule has 0 bridgehead atoms. The van der Waals surface area contributed by atoms with Gasteiger partial charge < -0.3 is 15.0 Å². The van der Waals surface area contributed by atoms with Gasteiger partial charge in [-0.15, -0.1) is 0 Å². The van der Waals surface area contributed by atoms with Crippen molar-refractivity contribution in [3.05, 3.63) is 29.6 Å². The minimum atomic E-state index is -0.466. The molecule has 0 aromatic heterocycles. The fourth-order valence-corrected chi connectivity index (χ4v) is 2.15. The molecule has 2 rings (SSSR count). The molecule has 1 aromatic rings. The highest BCUT2D eigenvalue weighted by atomic mass is 19.1. The van der Waals surface area contributed by atoms with Gasteiger partial charge in [-0.05, 0) is 63.8 Å². The Morgan fingerprint density at radius 2 is 1.74 bits per heavy atom. The normalized spacial score (nSPS) is 20.8. The Morgan fingerprint density at radius 3 is 2.26 bits per heavy atom. The maximum absolute atomic E-state index is 13.3. The first-order valence-electron chi connectivity index (χ1n) is 6.61. The van der Waals surface area contributed by atoms with E-state index in [1.807, 2.05) is 27.7 Å². The van der Waals surface area contributed by atoms with Crippen LogP contribution in [0.15, 0.2) is 18.2 Å². The molecule has 0 atom stereocenters. The van der Waals surface area contributed by atoms with Gasteiger partial charge in [-0.2, -0.15) is 0 Å². The lowest BCUT2D eigenvalue weighted by atomic mass is 9.75. The summed E-state index contributed by atoms with van der Waals surface area (Å²) in [6.45, 7) is 8.46. The largest absolute Gasteiger partial charge is 0.495 e. The number of halogens is 1. The third-order valence-electron chi connectivity index (χ3n) is 4.03. The zero-order chi connectivity index (χ0) is 14.3. The van der Waals surface area contributed by atoms with Crippen LogP contribution < -0.4 is 11.2 Å². The van der Waals surface area contributed by atoms with E-state index in [4.69, 9.17) is 15.0 Å². The lowest BCUT2D eigenvalue weighted by Gasteiger charge is -2.32. The van der Waals surface area contributed by atoms with E-state index in [1.54, 1.807) is 6.07 Å². The molecule has 0 spiro atoms. The summed E-state index contributed by atoms with van der Waals surface area (Å²) in [5, 5.41) is 0. The lowest BCUT2D eigenvalue weighted by molar-refractivity contribution is 0.00578. The van der Waals surface area contributed by atoms with Gasteiger partial charge in [0.05, 0.1) is 11.2 Å². The Kier molecular flexibility index (Phi) is 3.73. The molecule has 1 aliphatic rings. The second-order valence-corrected chi connectivity index (χ2v) is 5.97.